The molecule has 0 radical (unpaired) electrons. The Labute approximate surface area is 215 Å². The molecule has 4 nitrogen and oxygen atoms in total. The lowest BCUT2D eigenvalue weighted by Gasteiger charge is -2.31. The molecule has 0 unspecified atom stereocenters. The molecule has 200 valence electrons. The highest BCUT2D eigenvalue weighted by Gasteiger charge is 2.39. The molecule has 0 saturated heterocycles. The summed E-state index contributed by atoms with van der Waals surface area (Å²) in [6, 6.07) is 7.10. The molecule has 0 bridgehead atoms. The smallest absolute Gasteiger partial charge is 0.420 e. The lowest BCUT2D eigenvalue weighted by atomic mass is 10.1. The minimum absolute atomic E-state index is 0.0933. The number of halogens is 6. The Morgan fingerprint density at radius 3 is 2.28 bits per heavy atom. The summed E-state index contributed by atoms with van der Waals surface area (Å²) in [6.07, 6.45) is -5.05. The van der Waals surface area contributed by atoms with Gasteiger partial charge in [0.25, 0.3) is 0 Å². The SMILES string of the molecule is CN1Sc2cc(OCC(C)(C)SO)c(C(F)(F)F)cc2N(c2ccc(F)cc2)C[C@H]1CCC(C)(F)F. The molecule has 0 aliphatic carbocycles. The van der Waals surface area contributed by atoms with Crippen molar-refractivity contribution in [3.05, 3.63) is 47.8 Å². The maximum Gasteiger partial charge on any atom is 0.420 e. The Balaban J connectivity index is 2.11. The van der Waals surface area contributed by atoms with Gasteiger partial charge in [0.2, 0.25) is 5.92 Å². The van der Waals surface area contributed by atoms with Crippen LogP contribution >= 0.6 is 24.0 Å². The second kappa shape index (κ2) is 10.9. The van der Waals surface area contributed by atoms with E-state index in [1.54, 1.807) is 30.1 Å². The average molecular weight is 555 g/mol. The van der Waals surface area contributed by atoms with E-state index >= 15 is 0 Å². The molecular formula is C24H28F6N2O2S2. The molecule has 1 atom stereocenters. The van der Waals surface area contributed by atoms with E-state index in [0.717, 1.165) is 24.9 Å². The molecular weight excluding hydrogens is 526 g/mol. The molecule has 12 heteroatoms. The standard InChI is InChI=1S/C24H28F6N2O2S2/c1-22(2,36-33)14-34-20-12-21-19(11-18(20)24(28,29)30)32(16-7-5-15(25)6-8-16)13-17(31(4)35-21)9-10-23(3,26)27/h5-8,11-12,17,33H,9-10,13-14H2,1-4H3/t17-/m1/s1. The molecule has 1 heterocycles. The van der Waals surface area contributed by atoms with E-state index in [1.165, 1.54) is 30.3 Å². The van der Waals surface area contributed by atoms with Crippen LogP contribution in [-0.4, -0.2) is 45.8 Å². The van der Waals surface area contributed by atoms with Gasteiger partial charge in [0.15, 0.2) is 0 Å². The fourth-order valence-electron chi connectivity index (χ4n) is 3.67. The highest BCUT2D eigenvalue weighted by Crippen LogP contribution is 2.48. The molecule has 1 aliphatic heterocycles. The Hall–Kier alpha value is -1.76. The summed E-state index contributed by atoms with van der Waals surface area (Å²) >= 11 is 1.62. The summed E-state index contributed by atoms with van der Waals surface area (Å²) < 4.78 is 99.0. The number of hydrogen-bond donors (Lipinski definition) is 1. The Morgan fingerprint density at radius 2 is 1.72 bits per heavy atom. The fourth-order valence-corrected chi connectivity index (χ4v) is 4.83. The van der Waals surface area contributed by atoms with Crippen molar-refractivity contribution in [2.45, 2.75) is 61.4 Å². The largest absolute Gasteiger partial charge is 0.491 e. The second-order valence-corrected chi connectivity index (χ2v) is 11.9. The third-order valence-electron chi connectivity index (χ3n) is 5.68. The van der Waals surface area contributed by atoms with Gasteiger partial charge < -0.3 is 14.2 Å². The van der Waals surface area contributed by atoms with Gasteiger partial charge in [-0.2, -0.15) is 13.2 Å². The number of fused-ring (bicyclic) bond motifs is 1. The van der Waals surface area contributed by atoms with Crippen molar-refractivity contribution in [1.29, 1.82) is 0 Å². The van der Waals surface area contributed by atoms with Gasteiger partial charge in [-0.1, -0.05) is 0 Å². The molecule has 2 aromatic rings. The maximum absolute atomic E-state index is 14.1. The summed E-state index contributed by atoms with van der Waals surface area (Å²) in [5.74, 6) is -3.80. The highest BCUT2D eigenvalue weighted by atomic mass is 32.2. The number of hydrogen-bond acceptors (Lipinski definition) is 6. The van der Waals surface area contributed by atoms with Crippen LogP contribution in [0.5, 0.6) is 5.75 Å². The molecule has 0 amide bonds. The van der Waals surface area contributed by atoms with E-state index in [1.807, 2.05) is 0 Å². The molecule has 1 aliphatic rings. The second-order valence-electron chi connectivity index (χ2n) is 9.44. The fraction of sp³-hybridized carbons (Fsp3) is 0.500. The number of nitrogens with zero attached hydrogens (tertiary/aromatic N) is 2. The predicted octanol–water partition coefficient (Wildman–Crippen LogP) is 8.10. The van der Waals surface area contributed by atoms with Crippen LogP contribution in [0.15, 0.2) is 41.3 Å². The van der Waals surface area contributed by atoms with Crippen molar-refractivity contribution in [3.63, 3.8) is 0 Å². The van der Waals surface area contributed by atoms with Crippen LogP contribution in [0.4, 0.5) is 37.7 Å². The summed E-state index contributed by atoms with van der Waals surface area (Å²) in [5, 5.41) is 0. The van der Waals surface area contributed by atoms with Crippen molar-refractivity contribution in [2.75, 3.05) is 25.1 Å². The van der Waals surface area contributed by atoms with Crippen LogP contribution in [0.2, 0.25) is 0 Å². The Morgan fingerprint density at radius 1 is 1.08 bits per heavy atom. The molecule has 3 rings (SSSR count). The van der Waals surface area contributed by atoms with Gasteiger partial charge in [0.1, 0.15) is 18.2 Å². The van der Waals surface area contributed by atoms with Crippen LogP contribution in [0.3, 0.4) is 0 Å². The first-order valence-electron chi connectivity index (χ1n) is 11.1. The van der Waals surface area contributed by atoms with E-state index in [-0.39, 0.29) is 25.3 Å². The van der Waals surface area contributed by atoms with Crippen molar-refractivity contribution in [3.8, 4) is 5.75 Å². The number of likely N-dealkylation sites (N-methyl/N-ethyl adjacent to an activating group) is 1. The monoisotopic (exact) mass is 554 g/mol. The highest BCUT2D eigenvalue weighted by molar-refractivity contribution is 7.97. The predicted molar refractivity (Wildman–Crippen MR) is 132 cm³/mol. The van der Waals surface area contributed by atoms with Crippen LogP contribution in [-0.2, 0) is 6.18 Å². The van der Waals surface area contributed by atoms with E-state index in [0.29, 0.717) is 22.6 Å². The molecule has 0 aromatic heterocycles. The van der Waals surface area contributed by atoms with Crippen LogP contribution in [0.25, 0.3) is 0 Å². The number of alkyl halides is 5. The number of ether oxygens (including phenoxy) is 1. The average Bonchev–Trinajstić information content (AvgIpc) is 2.90. The first-order chi connectivity index (χ1) is 16.6. The van der Waals surface area contributed by atoms with E-state index < -0.39 is 46.4 Å². The van der Waals surface area contributed by atoms with Gasteiger partial charge in [-0.25, -0.2) is 17.5 Å². The van der Waals surface area contributed by atoms with Crippen molar-refractivity contribution >= 4 is 35.4 Å². The third-order valence-corrected chi connectivity index (χ3v) is 7.41. The van der Waals surface area contributed by atoms with Crippen molar-refractivity contribution < 1.29 is 35.6 Å². The summed E-state index contributed by atoms with van der Waals surface area (Å²) in [5.41, 5.74) is -0.366. The van der Waals surface area contributed by atoms with Gasteiger partial charge in [-0.05, 0) is 94.6 Å². The van der Waals surface area contributed by atoms with Gasteiger partial charge in [0, 0.05) is 24.7 Å². The Bertz CT molecular complexity index is 1040. The lowest BCUT2D eigenvalue weighted by Crippen LogP contribution is -2.36. The van der Waals surface area contributed by atoms with E-state index in [9.17, 15) is 30.9 Å². The number of rotatable bonds is 8. The molecule has 2 aromatic carbocycles. The minimum atomic E-state index is -4.75. The normalized spacial score (nSPS) is 17.6. The summed E-state index contributed by atoms with van der Waals surface area (Å²) in [6.45, 7) is 4.01. The van der Waals surface area contributed by atoms with Crippen LogP contribution in [0, 0.1) is 5.82 Å². The maximum atomic E-state index is 14.1. The zero-order valence-electron chi connectivity index (χ0n) is 20.2. The van der Waals surface area contributed by atoms with Gasteiger partial charge in [-0.3, -0.25) is 0 Å². The first-order valence-corrected chi connectivity index (χ1v) is 12.7. The summed E-state index contributed by atoms with van der Waals surface area (Å²) in [4.78, 5) is 2.01. The van der Waals surface area contributed by atoms with Gasteiger partial charge in [-0.15, -0.1) is 0 Å². The molecule has 0 spiro atoms. The van der Waals surface area contributed by atoms with Gasteiger partial charge in [0.05, 0.1) is 20.9 Å². The first kappa shape index (κ1) is 28.8. The zero-order chi connectivity index (χ0) is 26.9. The zero-order valence-corrected chi connectivity index (χ0v) is 21.8. The molecule has 0 saturated carbocycles. The van der Waals surface area contributed by atoms with Gasteiger partial charge >= 0.3 is 6.18 Å². The van der Waals surface area contributed by atoms with E-state index in [4.69, 9.17) is 4.74 Å². The quantitative estimate of drug-likeness (QED) is 0.202. The Kier molecular flexibility index (Phi) is 8.74. The lowest BCUT2D eigenvalue weighted by molar-refractivity contribution is -0.139. The van der Waals surface area contributed by atoms with Crippen molar-refractivity contribution in [2.24, 2.45) is 0 Å². The van der Waals surface area contributed by atoms with Crippen LogP contribution in [0.1, 0.15) is 39.2 Å². The minimum Gasteiger partial charge on any atom is -0.491 e. The third kappa shape index (κ3) is 7.39. The van der Waals surface area contributed by atoms with E-state index in [2.05, 4.69) is 0 Å². The number of benzene rings is 2. The van der Waals surface area contributed by atoms with Crippen LogP contribution < -0.4 is 9.64 Å². The van der Waals surface area contributed by atoms with Crippen molar-refractivity contribution in [1.82, 2.24) is 4.31 Å². The number of anilines is 2. The molecule has 36 heavy (non-hydrogen) atoms. The topological polar surface area (TPSA) is 35.9 Å². The molecule has 0 fully saturated rings. The molecule has 1 N–H and O–H groups in total. The summed E-state index contributed by atoms with van der Waals surface area (Å²) in [7, 11) is 1.70.